The molecule has 1 aliphatic rings. The number of hydrogen-bond donors (Lipinski definition) is 1. The summed E-state index contributed by atoms with van der Waals surface area (Å²) in [5.74, 6) is 0.754. The van der Waals surface area contributed by atoms with E-state index in [1.165, 1.54) is 32.1 Å². The molecule has 4 heteroatoms. The Kier molecular flexibility index (Phi) is 6.46. The summed E-state index contributed by atoms with van der Waals surface area (Å²) in [6.45, 7) is 8.14. The third kappa shape index (κ3) is 4.83. The van der Waals surface area contributed by atoms with E-state index in [4.69, 9.17) is 4.74 Å². The van der Waals surface area contributed by atoms with E-state index in [2.05, 4.69) is 36.5 Å². The van der Waals surface area contributed by atoms with Crippen molar-refractivity contribution in [2.24, 2.45) is 5.92 Å². The van der Waals surface area contributed by atoms with Gasteiger partial charge < -0.3 is 10.1 Å². The van der Waals surface area contributed by atoms with E-state index in [-0.39, 0.29) is 0 Å². The number of rotatable bonds is 7. The maximum atomic E-state index is 6.14. The van der Waals surface area contributed by atoms with Crippen LogP contribution in [-0.4, -0.2) is 17.1 Å². The lowest BCUT2D eigenvalue weighted by molar-refractivity contribution is -0.0233. The Bertz CT molecular complexity index is 392. The molecule has 0 amide bonds. The fourth-order valence-corrected chi connectivity index (χ4v) is 3.57. The molecule has 2 atom stereocenters. The highest BCUT2D eigenvalue weighted by molar-refractivity contribution is 7.09. The molecule has 1 aromatic rings. The van der Waals surface area contributed by atoms with Gasteiger partial charge in [-0.3, -0.25) is 0 Å². The normalized spacial score (nSPS) is 23.4. The Morgan fingerprint density at radius 2 is 2.20 bits per heavy atom. The Morgan fingerprint density at radius 3 is 2.95 bits per heavy atom. The molecule has 0 spiro atoms. The second kappa shape index (κ2) is 8.11. The summed E-state index contributed by atoms with van der Waals surface area (Å²) in [6.07, 6.45) is 6.95. The Morgan fingerprint density at radius 1 is 1.40 bits per heavy atom. The molecular formula is C16H28N2OS. The lowest BCUT2D eigenvalue weighted by Crippen LogP contribution is -2.27. The number of nitrogens with zero attached hydrogens (tertiary/aromatic N) is 1. The molecule has 0 aromatic carbocycles. The number of thiazole rings is 1. The van der Waals surface area contributed by atoms with Crippen LogP contribution in [0.25, 0.3) is 0 Å². The molecule has 2 rings (SSSR count). The van der Waals surface area contributed by atoms with Crippen molar-refractivity contribution in [3.63, 3.8) is 0 Å². The summed E-state index contributed by atoms with van der Waals surface area (Å²) in [4.78, 5) is 4.65. The van der Waals surface area contributed by atoms with Gasteiger partial charge in [-0.2, -0.15) is 0 Å². The van der Waals surface area contributed by atoms with Gasteiger partial charge in [0.1, 0.15) is 5.01 Å². The van der Waals surface area contributed by atoms with E-state index in [9.17, 15) is 0 Å². The number of nitrogens with one attached hydrogen (secondary N) is 1. The minimum atomic E-state index is 0.452. The average molecular weight is 296 g/mol. The molecule has 1 heterocycles. The summed E-state index contributed by atoms with van der Waals surface area (Å²) in [5.41, 5.74) is 1.09. The summed E-state index contributed by atoms with van der Waals surface area (Å²) >= 11 is 1.73. The van der Waals surface area contributed by atoms with Gasteiger partial charge >= 0.3 is 0 Å². The van der Waals surface area contributed by atoms with Crippen LogP contribution in [0.15, 0.2) is 5.38 Å². The minimum Gasteiger partial charge on any atom is -0.372 e. The standard InChI is InChI=1S/C16H28N2OS/c1-4-13-7-5-6-8-15(13)19-10-14-11-20-16(18-14)9-17-12(2)3/h11-13,15,17H,4-10H2,1-3H3. The molecule has 2 unspecified atom stereocenters. The number of ether oxygens (including phenoxy) is 1. The first-order valence-corrected chi connectivity index (χ1v) is 8.85. The molecule has 0 bridgehead atoms. The average Bonchev–Trinajstić information content (AvgIpc) is 2.91. The van der Waals surface area contributed by atoms with Crippen LogP contribution >= 0.6 is 11.3 Å². The Hall–Kier alpha value is -0.450. The third-order valence-electron chi connectivity index (χ3n) is 4.07. The molecule has 114 valence electrons. The van der Waals surface area contributed by atoms with E-state index in [0.29, 0.717) is 18.8 Å². The van der Waals surface area contributed by atoms with Crippen LogP contribution in [0.4, 0.5) is 0 Å². The van der Waals surface area contributed by atoms with Gasteiger partial charge in [-0.15, -0.1) is 11.3 Å². The molecule has 20 heavy (non-hydrogen) atoms. The molecule has 1 fully saturated rings. The van der Waals surface area contributed by atoms with Crippen molar-refractivity contribution < 1.29 is 4.74 Å². The number of aromatic nitrogens is 1. The second-order valence-corrected chi connectivity index (χ2v) is 7.01. The Balaban J connectivity index is 1.78. The summed E-state index contributed by atoms with van der Waals surface area (Å²) in [7, 11) is 0. The SMILES string of the molecule is CCC1CCCCC1OCc1csc(CNC(C)C)n1. The van der Waals surface area contributed by atoms with Gasteiger partial charge in [0.15, 0.2) is 0 Å². The van der Waals surface area contributed by atoms with Crippen LogP contribution in [0, 0.1) is 5.92 Å². The largest absolute Gasteiger partial charge is 0.372 e. The summed E-state index contributed by atoms with van der Waals surface area (Å²) < 4.78 is 6.14. The summed E-state index contributed by atoms with van der Waals surface area (Å²) in [6, 6.07) is 0.506. The van der Waals surface area contributed by atoms with Crippen molar-refractivity contribution in [2.45, 2.75) is 78.2 Å². The maximum absolute atomic E-state index is 6.14. The third-order valence-corrected chi connectivity index (χ3v) is 4.97. The first-order valence-electron chi connectivity index (χ1n) is 7.97. The van der Waals surface area contributed by atoms with Gasteiger partial charge in [-0.25, -0.2) is 4.98 Å². The molecule has 1 N–H and O–H groups in total. The maximum Gasteiger partial charge on any atom is 0.107 e. The predicted octanol–water partition coefficient (Wildman–Crippen LogP) is 4.13. The minimum absolute atomic E-state index is 0.452. The molecule has 0 aliphatic heterocycles. The van der Waals surface area contributed by atoms with Crippen LogP contribution in [0.2, 0.25) is 0 Å². The van der Waals surface area contributed by atoms with Gasteiger partial charge in [0.25, 0.3) is 0 Å². The topological polar surface area (TPSA) is 34.1 Å². The smallest absolute Gasteiger partial charge is 0.107 e. The molecule has 1 aliphatic carbocycles. The lowest BCUT2D eigenvalue weighted by Gasteiger charge is -2.30. The van der Waals surface area contributed by atoms with E-state index in [1.54, 1.807) is 11.3 Å². The highest BCUT2D eigenvalue weighted by Gasteiger charge is 2.24. The van der Waals surface area contributed by atoms with Crippen LogP contribution in [0.3, 0.4) is 0 Å². The van der Waals surface area contributed by atoms with Crippen LogP contribution in [0.5, 0.6) is 0 Å². The second-order valence-electron chi connectivity index (χ2n) is 6.07. The van der Waals surface area contributed by atoms with E-state index >= 15 is 0 Å². The van der Waals surface area contributed by atoms with Crippen LogP contribution < -0.4 is 5.32 Å². The van der Waals surface area contributed by atoms with Gasteiger partial charge in [-0.05, 0) is 18.8 Å². The first kappa shape index (κ1) is 15.9. The highest BCUT2D eigenvalue weighted by atomic mass is 32.1. The predicted molar refractivity (Wildman–Crippen MR) is 84.9 cm³/mol. The van der Waals surface area contributed by atoms with Gasteiger partial charge in [0.05, 0.1) is 18.4 Å². The molecule has 0 saturated heterocycles. The molecule has 1 aromatic heterocycles. The molecule has 3 nitrogen and oxygen atoms in total. The van der Waals surface area contributed by atoms with Crippen molar-refractivity contribution >= 4 is 11.3 Å². The fraction of sp³-hybridized carbons (Fsp3) is 0.812. The van der Waals surface area contributed by atoms with E-state index in [1.807, 2.05) is 0 Å². The van der Waals surface area contributed by atoms with Gasteiger partial charge in [0, 0.05) is 18.0 Å². The van der Waals surface area contributed by atoms with E-state index < -0.39 is 0 Å². The zero-order valence-corrected chi connectivity index (χ0v) is 13.8. The molecular weight excluding hydrogens is 268 g/mol. The Labute approximate surface area is 127 Å². The van der Waals surface area contributed by atoms with Crippen LogP contribution in [0.1, 0.15) is 63.6 Å². The van der Waals surface area contributed by atoms with Crippen LogP contribution in [-0.2, 0) is 17.9 Å². The molecule has 0 radical (unpaired) electrons. The lowest BCUT2D eigenvalue weighted by atomic mass is 9.85. The van der Waals surface area contributed by atoms with Gasteiger partial charge in [-0.1, -0.05) is 40.0 Å². The summed E-state index contributed by atoms with van der Waals surface area (Å²) in [5, 5.41) is 6.70. The van der Waals surface area contributed by atoms with Gasteiger partial charge in [0.2, 0.25) is 0 Å². The molecule has 1 saturated carbocycles. The fourth-order valence-electron chi connectivity index (χ4n) is 2.84. The number of hydrogen-bond acceptors (Lipinski definition) is 4. The van der Waals surface area contributed by atoms with Crippen molar-refractivity contribution in [3.05, 3.63) is 16.1 Å². The zero-order valence-electron chi connectivity index (χ0n) is 13.0. The first-order chi connectivity index (χ1) is 9.69. The quantitative estimate of drug-likeness (QED) is 0.821. The van der Waals surface area contributed by atoms with Crippen molar-refractivity contribution in [1.82, 2.24) is 10.3 Å². The zero-order chi connectivity index (χ0) is 14.4. The monoisotopic (exact) mass is 296 g/mol. The van der Waals surface area contributed by atoms with Crippen molar-refractivity contribution in [2.75, 3.05) is 0 Å². The van der Waals surface area contributed by atoms with E-state index in [0.717, 1.165) is 23.2 Å². The van der Waals surface area contributed by atoms with Crippen molar-refractivity contribution in [1.29, 1.82) is 0 Å². The highest BCUT2D eigenvalue weighted by Crippen LogP contribution is 2.29. The van der Waals surface area contributed by atoms with Crippen molar-refractivity contribution in [3.8, 4) is 0 Å².